The van der Waals surface area contributed by atoms with Crippen molar-refractivity contribution in [2.24, 2.45) is 0 Å². The fourth-order valence-corrected chi connectivity index (χ4v) is 6.04. The van der Waals surface area contributed by atoms with Gasteiger partial charge in [-0.25, -0.2) is 0 Å². The van der Waals surface area contributed by atoms with Crippen molar-refractivity contribution in [1.82, 2.24) is 19.6 Å². The van der Waals surface area contributed by atoms with Crippen molar-refractivity contribution in [3.05, 3.63) is 71.8 Å². The predicted octanol–water partition coefficient (Wildman–Crippen LogP) is 3.93. The van der Waals surface area contributed by atoms with Crippen molar-refractivity contribution in [2.45, 2.75) is 50.9 Å². The molecule has 0 N–H and O–H groups in total. The average molecular weight is 433 g/mol. The molecule has 0 saturated carbocycles. The third kappa shape index (κ3) is 5.79. The van der Waals surface area contributed by atoms with Gasteiger partial charge in [0.25, 0.3) is 0 Å². The molecule has 5 rings (SSSR count). The molecular formula is C28H40N4. The van der Waals surface area contributed by atoms with Crippen LogP contribution in [-0.4, -0.2) is 84.0 Å². The molecule has 0 aliphatic carbocycles. The van der Waals surface area contributed by atoms with Crippen LogP contribution in [0, 0.1) is 0 Å². The summed E-state index contributed by atoms with van der Waals surface area (Å²) in [5, 5.41) is 0. The van der Waals surface area contributed by atoms with Gasteiger partial charge in [0, 0.05) is 51.4 Å². The minimum Gasteiger partial charge on any atom is -0.299 e. The maximum atomic E-state index is 2.81. The van der Waals surface area contributed by atoms with E-state index in [2.05, 4.69) is 80.3 Å². The summed E-state index contributed by atoms with van der Waals surface area (Å²) in [7, 11) is 0. The van der Waals surface area contributed by atoms with Crippen LogP contribution in [0.3, 0.4) is 0 Å². The fraction of sp³-hybridized carbons (Fsp3) is 0.571. The Morgan fingerprint density at radius 3 is 1.16 bits per heavy atom. The second-order valence-electron chi connectivity index (χ2n) is 10.1. The molecule has 0 spiro atoms. The molecule has 0 bridgehead atoms. The SMILES string of the molecule is c1ccc(CN2CCC(N3CCN(C4CCN(Cc5ccccc5)CC4)CC3)CC2)cc1. The highest BCUT2D eigenvalue weighted by Crippen LogP contribution is 2.23. The molecule has 4 heteroatoms. The molecule has 0 radical (unpaired) electrons. The van der Waals surface area contributed by atoms with Crippen molar-refractivity contribution in [1.29, 1.82) is 0 Å². The van der Waals surface area contributed by atoms with E-state index in [9.17, 15) is 0 Å². The number of hydrogen-bond acceptors (Lipinski definition) is 4. The smallest absolute Gasteiger partial charge is 0.0233 e. The third-order valence-electron chi connectivity index (χ3n) is 7.99. The second-order valence-corrected chi connectivity index (χ2v) is 10.1. The first-order valence-corrected chi connectivity index (χ1v) is 12.8. The Morgan fingerprint density at radius 2 is 0.812 bits per heavy atom. The van der Waals surface area contributed by atoms with Gasteiger partial charge >= 0.3 is 0 Å². The average Bonchev–Trinajstić information content (AvgIpc) is 2.86. The van der Waals surface area contributed by atoms with Crippen molar-refractivity contribution in [3.8, 4) is 0 Å². The Morgan fingerprint density at radius 1 is 0.469 bits per heavy atom. The van der Waals surface area contributed by atoms with Crippen LogP contribution in [0.5, 0.6) is 0 Å². The van der Waals surface area contributed by atoms with Crippen LogP contribution in [-0.2, 0) is 13.1 Å². The fourth-order valence-electron chi connectivity index (χ4n) is 6.04. The molecule has 3 aliphatic heterocycles. The molecule has 0 unspecified atom stereocenters. The van der Waals surface area contributed by atoms with E-state index >= 15 is 0 Å². The van der Waals surface area contributed by atoms with E-state index in [0.717, 1.165) is 25.2 Å². The van der Waals surface area contributed by atoms with Crippen LogP contribution in [0.25, 0.3) is 0 Å². The topological polar surface area (TPSA) is 13.0 Å². The zero-order valence-corrected chi connectivity index (χ0v) is 19.6. The van der Waals surface area contributed by atoms with Crippen molar-refractivity contribution < 1.29 is 0 Å². The Balaban J connectivity index is 1.01. The standard InChI is InChI=1S/C28H40N4/c1-3-7-25(8-4-1)23-29-15-11-27(12-16-29)31-19-21-32(22-20-31)28-13-17-30(18-14-28)24-26-9-5-2-6-10-26/h1-10,27-28H,11-24H2. The summed E-state index contributed by atoms with van der Waals surface area (Å²) in [4.78, 5) is 10.9. The van der Waals surface area contributed by atoms with E-state index in [1.165, 1.54) is 89.2 Å². The van der Waals surface area contributed by atoms with E-state index in [1.54, 1.807) is 0 Å². The summed E-state index contributed by atoms with van der Waals surface area (Å²) in [6.07, 6.45) is 5.35. The summed E-state index contributed by atoms with van der Waals surface area (Å²) in [5.74, 6) is 0. The molecule has 2 aromatic rings. The van der Waals surface area contributed by atoms with Crippen LogP contribution in [0.4, 0.5) is 0 Å². The van der Waals surface area contributed by atoms with Gasteiger partial charge in [-0.15, -0.1) is 0 Å². The molecule has 2 aromatic carbocycles. The maximum absolute atomic E-state index is 2.81. The monoisotopic (exact) mass is 432 g/mol. The lowest BCUT2D eigenvalue weighted by Gasteiger charge is -2.46. The Hall–Kier alpha value is -1.72. The molecule has 3 fully saturated rings. The maximum Gasteiger partial charge on any atom is 0.0233 e. The molecular weight excluding hydrogens is 392 g/mol. The summed E-state index contributed by atoms with van der Waals surface area (Å²) in [6, 6.07) is 23.5. The van der Waals surface area contributed by atoms with Gasteiger partial charge in [-0.05, 0) is 63.0 Å². The van der Waals surface area contributed by atoms with Gasteiger partial charge in [-0.1, -0.05) is 60.7 Å². The molecule has 3 saturated heterocycles. The summed E-state index contributed by atoms with van der Waals surface area (Å²) in [6.45, 7) is 12.3. The highest BCUT2D eigenvalue weighted by Gasteiger charge is 2.31. The molecule has 4 nitrogen and oxygen atoms in total. The van der Waals surface area contributed by atoms with Gasteiger partial charge in [0.05, 0.1) is 0 Å². The molecule has 3 aliphatic rings. The number of nitrogens with zero attached hydrogens (tertiary/aromatic N) is 4. The number of piperazine rings is 1. The third-order valence-corrected chi connectivity index (χ3v) is 7.99. The van der Waals surface area contributed by atoms with E-state index in [4.69, 9.17) is 0 Å². The zero-order chi connectivity index (χ0) is 21.6. The van der Waals surface area contributed by atoms with Gasteiger partial charge in [-0.3, -0.25) is 19.6 Å². The molecule has 172 valence electrons. The van der Waals surface area contributed by atoms with Gasteiger partial charge in [0.15, 0.2) is 0 Å². The Labute approximate surface area is 194 Å². The first-order chi connectivity index (χ1) is 15.8. The first kappa shape index (κ1) is 22.1. The van der Waals surface area contributed by atoms with Crippen molar-refractivity contribution in [3.63, 3.8) is 0 Å². The van der Waals surface area contributed by atoms with E-state index in [-0.39, 0.29) is 0 Å². The summed E-state index contributed by atoms with van der Waals surface area (Å²) in [5.41, 5.74) is 2.91. The van der Waals surface area contributed by atoms with Crippen LogP contribution >= 0.6 is 0 Å². The molecule has 0 aromatic heterocycles. The lowest BCUT2D eigenvalue weighted by molar-refractivity contribution is 0.0244. The minimum absolute atomic E-state index is 0.803. The van der Waals surface area contributed by atoms with Gasteiger partial charge in [-0.2, -0.15) is 0 Å². The molecule has 3 heterocycles. The quantitative estimate of drug-likeness (QED) is 0.686. The number of likely N-dealkylation sites (tertiary alicyclic amines) is 2. The number of piperidine rings is 2. The minimum atomic E-state index is 0.803. The van der Waals surface area contributed by atoms with Crippen molar-refractivity contribution >= 4 is 0 Å². The lowest BCUT2D eigenvalue weighted by Crippen LogP contribution is -2.56. The highest BCUT2D eigenvalue weighted by molar-refractivity contribution is 5.15. The Kier molecular flexibility index (Phi) is 7.55. The largest absolute Gasteiger partial charge is 0.299 e. The van der Waals surface area contributed by atoms with Gasteiger partial charge in [0.2, 0.25) is 0 Å². The predicted molar refractivity (Wildman–Crippen MR) is 133 cm³/mol. The number of benzene rings is 2. The van der Waals surface area contributed by atoms with Gasteiger partial charge < -0.3 is 0 Å². The highest BCUT2D eigenvalue weighted by atomic mass is 15.3. The van der Waals surface area contributed by atoms with Crippen LogP contribution in [0.15, 0.2) is 60.7 Å². The molecule has 0 amide bonds. The molecule has 32 heavy (non-hydrogen) atoms. The van der Waals surface area contributed by atoms with E-state index < -0.39 is 0 Å². The first-order valence-electron chi connectivity index (χ1n) is 12.8. The zero-order valence-electron chi connectivity index (χ0n) is 19.6. The van der Waals surface area contributed by atoms with E-state index in [1.807, 2.05) is 0 Å². The Bertz CT molecular complexity index is 717. The van der Waals surface area contributed by atoms with Crippen LogP contribution in [0.2, 0.25) is 0 Å². The van der Waals surface area contributed by atoms with Crippen LogP contribution < -0.4 is 0 Å². The number of hydrogen-bond donors (Lipinski definition) is 0. The van der Waals surface area contributed by atoms with Gasteiger partial charge in [0.1, 0.15) is 0 Å². The number of rotatable bonds is 6. The second kappa shape index (κ2) is 10.9. The normalized spacial score (nSPS) is 23.5. The van der Waals surface area contributed by atoms with Crippen molar-refractivity contribution in [2.75, 3.05) is 52.4 Å². The summed E-state index contributed by atoms with van der Waals surface area (Å²) < 4.78 is 0. The molecule has 0 atom stereocenters. The summed E-state index contributed by atoms with van der Waals surface area (Å²) >= 11 is 0. The van der Waals surface area contributed by atoms with Crippen LogP contribution in [0.1, 0.15) is 36.8 Å². The van der Waals surface area contributed by atoms with E-state index in [0.29, 0.717) is 0 Å². The lowest BCUT2D eigenvalue weighted by atomic mass is 9.99.